The van der Waals surface area contributed by atoms with Gasteiger partial charge in [-0.25, -0.2) is 0 Å². The van der Waals surface area contributed by atoms with E-state index < -0.39 is 0 Å². The first kappa shape index (κ1) is 11.4. The Hall–Kier alpha value is -0.610. The number of hydrogen-bond donors (Lipinski definition) is 2. The molecule has 0 aliphatic heterocycles. The Labute approximate surface area is 73.5 Å². The number of nitrogens with two attached hydrogens (primary N) is 1. The van der Waals surface area contributed by atoms with E-state index in [1.807, 2.05) is 0 Å². The number of carbonyl (C=O) groups excluding carboxylic acids is 1. The fraction of sp³-hybridized carbons (Fsp3) is 0.875. The van der Waals surface area contributed by atoms with Gasteiger partial charge in [0.25, 0.3) is 0 Å². The smallest absolute Gasteiger partial charge is 0.322 e. The third-order valence-corrected chi connectivity index (χ3v) is 1.47. The van der Waals surface area contributed by atoms with Crippen LogP contribution in [0.3, 0.4) is 0 Å². The van der Waals surface area contributed by atoms with Gasteiger partial charge in [0.2, 0.25) is 0 Å². The van der Waals surface area contributed by atoms with Crippen LogP contribution in [0.4, 0.5) is 0 Å². The highest BCUT2D eigenvalue weighted by Gasteiger charge is 2.11. The molecule has 0 aliphatic carbocycles. The molecule has 0 radical (unpaired) electrons. The summed E-state index contributed by atoms with van der Waals surface area (Å²) in [4.78, 5) is 11.0. The van der Waals surface area contributed by atoms with Crippen LogP contribution in [-0.4, -0.2) is 31.7 Å². The van der Waals surface area contributed by atoms with E-state index in [4.69, 9.17) is 10.5 Å². The van der Waals surface area contributed by atoms with Crippen molar-refractivity contribution in [2.75, 3.05) is 19.7 Å². The highest BCUT2D eigenvalue weighted by atomic mass is 16.5. The minimum absolute atomic E-state index is 0.200. The van der Waals surface area contributed by atoms with Crippen molar-refractivity contribution in [2.24, 2.45) is 5.73 Å². The third-order valence-electron chi connectivity index (χ3n) is 1.47. The van der Waals surface area contributed by atoms with E-state index in [0.717, 1.165) is 13.0 Å². The summed E-state index contributed by atoms with van der Waals surface area (Å²) in [5.74, 6) is -0.200. The molecule has 0 heterocycles. The van der Waals surface area contributed by atoms with Gasteiger partial charge >= 0.3 is 5.97 Å². The van der Waals surface area contributed by atoms with E-state index in [9.17, 15) is 4.79 Å². The molecule has 0 aromatic heterocycles. The number of nitrogens with one attached hydrogen (secondary N) is 1. The molecule has 0 saturated heterocycles. The summed E-state index contributed by atoms with van der Waals surface area (Å²) in [6.07, 6.45) is 0.879. The van der Waals surface area contributed by atoms with Gasteiger partial charge in [-0.15, -0.1) is 0 Å². The van der Waals surface area contributed by atoms with Crippen molar-refractivity contribution in [3.05, 3.63) is 0 Å². The summed E-state index contributed by atoms with van der Waals surface area (Å²) >= 11 is 0. The number of esters is 1. The van der Waals surface area contributed by atoms with Gasteiger partial charge in [0, 0.05) is 0 Å². The summed E-state index contributed by atoms with van der Waals surface area (Å²) in [7, 11) is 0. The number of ether oxygens (including phenoxy) is 1. The van der Waals surface area contributed by atoms with Crippen molar-refractivity contribution in [3.63, 3.8) is 0 Å². The van der Waals surface area contributed by atoms with E-state index in [-0.39, 0.29) is 12.0 Å². The molecule has 0 amide bonds. The van der Waals surface area contributed by atoms with Gasteiger partial charge in [0.05, 0.1) is 6.61 Å². The molecule has 0 aromatic carbocycles. The fourth-order valence-electron chi connectivity index (χ4n) is 0.771. The summed E-state index contributed by atoms with van der Waals surface area (Å²) in [5.41, 5.74) is 5.29. The van der Waals surface area contributed by atoms with Crippen LogP contribution >= 0.6 is 0 Å². The van der Waals surface area contributed by atoms with Crippen LogP contribution in [0.2, 0.25) is 0 Å². The van der Waals surface area contributed by atoms with Crippen molar-refractivity contribution in [3.8, 4) is 0 Å². The standard InChI is InChI=1S/C8H18N2O2/c1-3-12-8(11)7(2)10-6-4-5-9/h7,10H,3-6,9H2,1-2H3. The molecule has 4 heteroatoms. The van der Waals surface area contributed by atoms with Crippen molar-refractivity contribution in [1.82, 2.24) is 5.32 Å². The molecule has 1 atom stereocenters. The highest BCUT2D eigenvalue weighted by Crippen LogP contribution is 1.87. The Kier molecular flexibility index (Phi) is 6.70. The third kappa shape index (κ3) is 5.09. The topological polar surface area (TPSA) is 64.3 Å². The molecular weight excluding hydrogens is 156 g/mol. The Morgan fingerprint density at radius 1 is 1.67 bits per heavy atom. The second kappa shape index (κ2) is 7.06. The van der Waals surface area contributed by atoms with Crippen LogP contribution in [0.15, 0.2) is 0 Å². The summed E-state index contributed by atoms with van der Waals surface area (Å²) in [5, 5.41) is 3.01. The normalized spacial score (nSPS) is 12.6. The minimum atomic E-state index is -0.225. The minimum Gasteiger partial charge on any atom is -0.465 e. The first-order valence-corrected chi connectivity index (χ1v) is 4.32. The Morgan fingerprint density at radius 3 is 2.83 bits per heavy atom. The van der Waals surface area contributed by atoms with Gasteiger partial charge < -0.3 is 15.8 Å². The molecule has 0 aromatic rings. The lowest BCUT2D eigenvalue weighted by Crippen LogP contribution is -2.36. The van der Waals surface area contributed by atoms with E-state index in [1.165, 1.54) is 0 Å². The predicted molar refractivity (Wildman–Crippen MR) is 47.8 cm³/mol. The maximum atomic E-state index is 11.0. The van der Waals surface area contributed by atoms with Gasteiger partial charge in [-0.2, -0.15) is 0 Å². The molecule has 3 N–H and O–H groups in total. The zero-order valence-corrected chi connectivity index (χ0v) is 7.80. The van der Waals surface area contributed by atoms with Gasteiger partial charge in [0.1, 0.15) is 6.04 Å². The average molecular weight is 174 g/mol. The zero-order chi connectivity index (χ0) is 9.40. The molecule has 72 valence electrons. The largest absolute Gasteiger partial charge is 0.465 e. The molecule has 0 aliphatic rings. The summed E-state index contributed by atoms with van der Waals surface area (Å²) in [6, 6.07) is -0.225. The Balaban J connectivity index is 3.42. The number of hydrogen-bond acceptors (Lipinski definition) is 4. The van der Waals surface area contributed by atoms with Crippen molar-refractivity contribution >= 4 is 5.97 Å². The molecule has 0 fully saturated rings. The van der Waals surface area contributed by atoms with Crippen molar-refractivity contribution in [1.29, 1.82) is 0 Å². The average Bonchev–Trinajstić information content (AvgIpc) is 2.05. The van der Waals surface area contributed by atoms with Gasteiger partial charge in [-0.3, -0.25) is 4.79 Å². The first-order valence-electron chi connectivity index (χ1n) is 4.32. The second-order valence-corrected chi connectivity index (χ2v) is 2.57. The maximum Gasteiger partial charge on any atom is 0.322 e. The van der Waals surface area contributed by atoms with E-state index in [2.05, 4.69) is 5.32 Å². The number of carbonyl (C=O) groups is 1. The molecule has 0 bridgehead atoms. The van der Waals surface area contributed by atoms with E-state index in [0.29, 0.717) is 13.2 Å². The van der Waals surface area contributed by atoms with E-state index >= 15 is 0 Å². The fourth-order valence-corrected chi connectivity index (χ4v) is 0.771. The quantitative estimate of drug-likeness (QED) is 0.435. The van der Waals surface area contributed by atoms with E-state index in [1.54, 1.807) is 13.8 Å². The molecule has 1 unspecified atom stereocenters. The molecule has 0 rings (SSSR count). The highest BCUT2D eigenvalue weighted by molar-refractivity contribution is 5.75. The van der Waals surface area contributed by atoms with Gasteiger partial charge in [0.15, 0.2) is 0 Å². The lowest BCUT2D eigenvalue weighted by Gasteiger charge is -2.11. The van der Waals surface area contributed by atoms with Crippen LogP contribution in [0, 0.1) is 0 Å². The van der Waals surface area contributed by atoms with Crippen LogP contribution in [-0.2, 0) is 9.53 Å². The second-order valence-electron chi connectivity index (χ2n) is 2.57. The SMILES string of the molecule is CCOC(=O)C(C)NCCCN. The lowest BCUT2D eigenvalue weighted by molar-refractivity contribution is -0.145. The van der Waals surface area contributed by atoms with Crippen molar-refractivity contribution in [2.45, 2.75) is 26.3 Å². The molecule has 0 spiro atoms. The Bertz CT molecular complexity index is 128. The Morgan fingerprint density at radius 2 is 2.33 bits per heavy atom. The van der Waals surface area contributed by atoms with Crippen molar-refractivity contribution < 1.29 is 9.53 Å². The summed E-state index contributed by atoms with van der Waals surface area (Å²) in [6.45, 7) is 5.42. The molecule has 4 nitrogen and oxygen atoms in total. The monoisotopic (exact) mass is 174 g/mol. The predicted octanol–water partition coefficient (Wildman–Crippen LogP) is -0.124. The molecule has 12 heavy (non-hydrogen) atoms. The van der Waals surface area contributed by atoms with Crippen LogP contribution < -0.4 is 11.1 Å². The van der Waals surface area contributed by atoms with Gasteiger partial charge in [-0.1, -0.05) is 0 Å². The van der Waals surface area contributed by atoms with Gasteiger partial charge in [-0.05, 0) is 33.4 Å². The zero-order valence-electron chi connectivity index (χ0n) is 7.80. The van der Waals surface area contributed by atoms with Crippen LogP contribution in [0.25, 0.3) is 0 Å². The lowest BCUT2D eigenvalue weighted by atomic mass is 10.3. The van der Waals surface area contributed by atoms with Crippen LogP contribution in [0.1, 0.15) is 20.3 Å². The molecule has 0 saturated carbocycles. The first-order chi connectivity index (χ1) is 5.72. The van der Waals surface area contributed by atoms with Crippen LogP contribution in [0.5, 0.6) is 0 Å². The maximum absolute atomic E-state index is 11.0. The number of rotatable bonds is 6. The summed E-state index contributed by atoms with van der Waals surface area (Å²) < 4.78 is 4.80. The molecular formula is C8H18N2O2.